The van der Waals surface area contributed by atoms with Gasteiger partial charge in [-0.05, 0) is 60.2 Å². The van der Waals surface area contributed by atoms with Crippen molar-refractivity contribution in [3.63, 3.8) is 0 Å². The van der Waals surface area contributed by atoms with Crippen LogP contribution in [-0.4, -0.2) is 34.3 Å². The Morgan fingerprint density at radius 2 is 1.84 bits per heavy atom. The molecule has 1 N–H and O–H groups in total. The molecule has 1 amide bonds. The molecule has 2 heterocycles. The standard InChI is InChI=1S/C25H23FN4O2/c1-32-17-18-4-6-20(7-5-18)25(31)28-13-14-30-24(21-3-2-12-27-16-21)15-23(29-30)19-8-10-22(26)11-9-19/h2-12,15-16H,13-14,17H2,1H3,(H,28,31). The number of pyridine rings is 1. The van der Waals surface area contributed by atoms with Crippen molar-refractivity contribution in [1.29, 1.82) is 0 Å². The van der Waals surface area contributed by atoms with Gasteiger partial charge in [-0.2, -0.15) is 5.10 Å². The van der Waals surface area contributed by atoms with E-state index in [1.165, 1.54) is 12.1 Å². The van der Waals surface area contributed by atoms with Crippen LogP contribution in [0.3, 0.4) is 0 Å². The zero-order valence-electron chi connectivity index (χ0n) is 17.7. The third-order valence-electron chi connectivity index (χ3n) is 5.01. The van der Waals surface area contributed by atoms with Crippen molar-refractivity contribution in [2.75, 3.05) is 13.7 Å². The number of carbonyl (C=O) groups is 1. The van der Waals surface area contributed by atoms with E-state index in [4.69, 9.17) is 4.74 Å². The van der Waals surface area contributed by atoms with E-state index >= 15 is 0 Å². The molecule has 4 aromatic rings. The number of methoxy groups -OCH3 is 1. The average molecular weight is 430 g/mol. The molecule has 2 aromatic heterocycles. The summed E-state index contributed by atoms with van der Waals surface area (Å²) >= 11 is 0. The van der Waals surface area contributed by atoms with E-state index in [9.17, 15) is 9.18 Å². The second-order valence-electron chi connectivity index (χ2n) is 7.27. The van der Waals surface area contributed by atoms with Gasteiger partial charge in [0.1, 0.15) is 5.82 Å². The van der Waals surface area contributed by atoms with Gasteiger partial charge < -0.3 is 10.1 Å². The van der Waals surface area contributed by atoms with Crippen molar-refractivity contribution < 1.29 is 13.9 Å². The Morgan fingerprint density at radius 3 is 2.53 bits per heavy atom. The molecule has 162 valence electrons. The number of benzene rings is 2. The molecule has 0 aliphatic heterocycles. The number of nitrogens with one attached hydrogen (secondary N) is 1. The van der Waals surface area contributed by atoms with Crippen LogP contribution in [0.15, 0.2) is 79.1 Å². The average Bonchev–Trinajstić information content (AvgIpc) is 3.25. The molecule has 6 nitrogen and oxygen atoms in total. The number of hydrogen-bond acceptors (Lipinski definition) is 4. The van der Waals surface area contributed by atoms with E-state index in [1.807, 2.05) is 35.0 Å². The van der Waals surface area contributed by atoms with Crippen molar-refractivity contribution in [3.05, 3.63) is 96.1 Å². The molecule has 0 spiro atoms. The molecule has 2 aromatic carbocycles. The summed E-state index contributed by atoms with van der Waals surface area (Å²) in [5.41, 5.74) is 4.92. The van der Waals surface area contributed by atoms with Crippen molar-refractivity contribution in [2.45, 2.75) is 13.2 Å². The van der Waals surface area contributed by atoms with Crippen LogP contribution in [0.1, 0.15) is 15.9 Å². The van der Waals surface area contributed by atoms with Gasteiger partial charge in [-0.25, -0.2) is 4.39 Å². The van der Waals surface area contributed by atoms with Crippen LogP contribution in [0, 0.1) is 5.82 Å². The lowest BCUT2D eigenvalue weighted by atomic mass is 10.1. The van der Waals surface area contributed by atoms with Gasteiger partial charge in [0.05, 0.1) is 24.5 Å². The number of amides is 1. The van der Waals surface area contributed by atoms with Gasteiger partial charge in [-0.1, -0.05) is 12.1 Å². The maximum absolute atomic E-state index is 13.3. The molecular formula is C25H23FN4O2. The number of nitrogens with zero attached hydrogens (tertiary/aromatic N) is 3. The molecule has 32 heavy (non-hydrogen) atoms. The van der Waals surface area contributed by atoms with Gasteiger partial charge in [0, 0.05) is 42.7 Å². The van der Waals surface area contributed by atoms with Crippen LogP contribution in [-0.2, 0) is 17.9 Å². The molecule has 0 atom stereocenters. The zero-order valence-corrected chi connectivity index (χ0v) is 17.7. The van der Waals surface area contributed by atoms with Crippen LogP contribution >= 0.6 is 0 Å². The first-order valence-corrected chi connectivity index (χ1v) is 10.2. The predicted molar refractivity (Wildman–Crippen MR) is 120 cm³/mol. The normalized spacial score (nSPS) is 10.8. The Bertz CT molecular complexity index is 1170. The monoisotopic (exact) mass is 430 g/mol. The maximum atomic E-state index is 13.3. The minimum Gasteiger partial charge on any atom is -0.380 e. The smallest absolute Gasteiger partial charge is 0.251 e. The minimum absolute atomic E-state index is 0.150. The van der Waals surface area contributed by atoms with Crippen molar-refractivity contribution >= 4 is 5.91 Å². The van der Waals surface area contributed by atoms with E-state index < -0.39 is 0 Å². The van der Waals surface area contributed by atoms with E-state index in [-0.39, 0.29) is 11.7 Å². The summed E-state index contributed by atoms with van der Waals surface area (Å²) < 4.78 is 20.2. The first-order valence-electron chi connectivity index (χ1n) is 10.2. The fraction of sp³-hybridized carbons (Fsp3) is 0.160. The Kier molecular flexibility index (Phi) is 6.67. The molecule has 0 bridgehead atoms. The third kappa shape index (κ3) is 5.07. The van der Waals surface area contributed by atoms with Gasteiger partial charge in [0.2, 0.25) is 0 Å². The topological polar surface area (TPSA) is 69.0 Å². The maximum Gasteiger partial charge on any atom is 0.251 e. The zero-order chi connectivity index (χ0) is 22.3. The fourth-order valence-electron chi connectivity index (χ4n) is 3.39. The van der Waals surface area contributed by atoms with Gasteiger partial charge in [0.15, 0.2) is 0 Å². The lowest BCUT2D eigenvalue weighted by molar-refractivity contribution is 0.0952. The summed E-state index contributed by atoms with van der Waals surface area (Å²) in [6.45, 7) is 1.38. The van der Waals surface area contributed by atoms with Crippen molar-refractivity contribution in [3.8, 4) is 22.5 Å². The number of aromatic nitrogens is 3. The van der Waals surface area contributed by atoms with Crippen LogP contribution in [0.25, 0.3) is 22.5 Å². The fourth-order valence-corrected chi connectivity index (χ4v) is 3.39. The molecule has 0 radical (unpaired) electrons. The van der Waals surface area contributed by atoms with E-state index in [0.717, 1.165) is 28.1 Å². The van der Waals surface area contributed by atoms with Crippen LogP contribution < -0.4 is 5.32 Å². The third-order valence-corrected chi connectivity index (χ3v) is 5.01. The highest BCUT2D eigenvalue weighted by atomic mass is 19.1. The van der Waals surface area contributed by atoms with E-state index in [1.54, 1.807) is 43.8 Å². The molecule has 4 rings (SSSR count). The van der Waals surface area contributed by atoms with Gasteiger partial charge in [-0.15, -0.1) is 0 Å². The van der Waals surface area contributed by atoms with E-state index in [0.29, 0.717) is 25.3 Å². The summed E-state index contributed by atoms with van der Waals surface area (Å²) in [5, 5.41) is 7.63. The lowest BCUT2D eigenvalue weighted by Gasteiger charge is -2.09. The molecule has 0 saturated heterocycles. The van der Waals surface area contributed by atoms with Crippen LogP contribution in [0.4, 0.5) is 4.39 Å². The van der Waals surface area contributed by atoms with Gasteiger partial charge in [0.25, 0.3) is 5.91 Å². The molecule has 0 unspecified atom stereocenters. The van der Waals surface area contributed by atoms with Crippen LogP contribution in [0.5, 0.6) is 0 Å². The first kappa shape index (κ1) is 21.4. The number of ether oxygens (including phenoxy) is 1. The lowest BCUT2D eigenvalue weighted by Crippen LogP contribution is -2.27. The molecule has 0 saturated carbocycles. The van der Waals surface area contributed by atoms with E-state index in [2.05, 4.69) is 15.4 Å². The predicted octanol–water partition coefficient (Wildman–Crippen LogP) is 4.33. The van der Waals surface area contributed by atoms with Gasteiger partial charge >= 0.3 is 0 Å². The summed E-state index contributed by atoms with van der Waals surface area (Å²) in [7, 11) is 1.64. The molecular weight excluding hydrogens is 407 g/mol. The highest BCUT2D eigenvalue weighted by molar-refractivity contribution is 5.94. The van der Waals surface area contributed by atoms with Crippen molar-refractivity contribution in [2.24, 2.45) is 0 Å². The summed E-state index contributed by atoms with van der Waals surface area (Å²) in [6.07, 6.45) is 3.48. The summed E-state index contributed by atoms with van der Waals surface area (Å²) in [4.78, 5) is 16.7. The Labute approximate surface area is 185 Å². The first-order chi connectivity index (χ1) is 15.6. The summed E-state index contributed by atoms with van der Waals surface area (Å²) in [6, 6.07) is 19.3. The Balaban J connectivity index is 1.49. The molecule has 7 heteroatoms. The second-order valence-corrected chi connectivity index (χ2v) is 7.27. The Hall–Kier alpha value is -3.84. The number of rotatable bonds is 8. The number of hydrogen-bond donors (Lipinski definition) is 1. The quantitative estimate of drug-likeness (QED) is 0.452. The number of carbonyl (C=O) groups excluding carboxylic acids is 1. The second kappa shape index (κ2) is 9.98. The minimum atomic E-state index is -0.293. The Morgan fingerprint density at radius 1 is 1.06 bits per heavy atom. The van der Waals surface area contributed by atoms with Gasteiger partial charge in [-0.3, -0.25) is 14.5 Å². The molecule has 0 aliphatic rings. The number of halogens is 1. The highest BCUT2D eigenvalue weighted by Gasteiger charge is 2.13. The van der Waals surface area contributed by atoms with Crippen molar-refractivity contribution in [1.82, 2.24) is 20.1 Å². The SMILES string of the molecule is COCc1ccc(C(=O)NCCn2nc(-c3ccc(F)cc3)cc2-c2cccnc2)cc1. The van der Waals surface area contributed by atoms with Crippen LogP contribution in [0.2, 0.25) is 0 Å². The summed E-state index contributed by atoms with van der Waals surface area (Å²) in [5.74, 6) is -0.443. The highest BCUT2D eigenvalue weighted by Crippen LogP contribution is 2.26. The molecule has 0 fully saturated rings. The largest absolute Gasteiger partial charge is 0.380 e. The molecule has 0 aliphatic carbocycles.